The third-order valence-electron chi connectivity index (χ3n) is 2.57. The van der Waals surface area contributed by atoms with Crippen LogP contribution in [0.3, 0.4) is 0 Å². The van der Waals surface area contributed by atoms with E-state index in [4.69, 9.17) is 5.11 Å². The maximum Gasteiger partial charge on any atom is 0.305 e. The molecular weight excluding hydrogens is 186 g/mol. The van der Waals surface area contributed by atoms with E-state index >= 15 is 0 Å². The summed E-state index contributed by atoms with van der Waals surface area (Å²) < 4.78 is 4.55. The fourth-order valence-corrected chi connectivity index (χ4v) is 1.79. The van der Waals surface area contributed by atoms with Crippen molar-refractivity contribution in [1.29, 1.82) is 0 Å². The second-order valence-corrected chi connectivity index (χ2v) is 3.56. The number of carboxylic acids is 1. The van der Waals surface area contributed by atoms with Crippen molar-refractivity contribution in [2.45, 2.75) is 12.8 Å². The molecule has 0 bridgehead atoms. The molecule has 1 aliphatic heterocycles. The van der Waals surface area contributed by atoms with Crippen LogP contribution in [0.15, 0.2) is 0 Å². The summed E-state index contributed by atoms with van der Waals surface area (Å²) in [7, 11) is 1.34. The predicted octanol–water partition coefficient (Wildman–Crippen LogP) is -0.140. The molecule has 80 valence electrons. The molecule has 1 heterocycles. The highest BCUT2D eigenvalue weighted by Gasteiger charge is 2.30. The van der Waals surface area contributed by atoms with Crippen LogP contribution in [0.1, 0.15) is 12.8 Å². The minimum Gasteiger partial charge on any atom is -0.481 e. The highest BCUT2D eigenvalue weighted by Crippen LogP contribution is 2.23. The number of carbonyl (C=O) groups excluding carboxylic acids is 1. The van der Waals surface area contributed by atoms with Crippen LogP contribution in [0.25, 0.3) is 0 Å². The Kier molecular flexibility index (Phi) is 3.88. The lowest BCUT2D eigenvalue weighted by Crippen LogP contribution is -2.20. The first kappa shape index (κ1) is 11.0. The number of ether oxygens (including phenoxy) is 1. The minimum absolute atomic E-state index is 0.0478. The second kappa shape index (κ2) is 4.95. The van der Waals surface area contributed by atoms with Crippen molar-refractivity contribution in [1.82, 2.24) is 5.32 Å². The first-order chi connectivity index (χ1) is 6.63. The molecule has 1 saturated heterocycles. The molecule has 1 rings (SSSR count). The lowest BCUT2D eigenvalue weighted by atomic mass is 9.90. The van der Waals surface area contributed by atoms with Gasteiger partial charge in [0.15, 0.2) is 0 Å². The molecule has 0 radical (unpaired) electrons. The monoisotopic (exact) mass is 201 g/mol. The third-order valence-corrected chi connectivity index (χ3v) is 2.57. The van der Waals surface area contributed by atoms with Crippen LogP contribution < -0.4 is 5.32 Å². The fourth-order valence-electron chi connectivity index (χ4n) is 1.79. The Hall–Kier alpha value is -1.10. The van der Waals surface area contributed by atoms with Gasteiger partial charge < -0.3 is 15.2 Å². The number of carboxylic acid groups (broad SMARTS) is 1. The van der Waals surface area contributed by atoms with Gasteiger partial charge >= 0.3 is 11.9 Å². The van der Waals surface area contributed by atoms with Crippen molar-refractivity contribution in [3.63, 3.8) is 0 Å². The van der Waals surface area contributed by atoms with E-state index in [9.17, 15) is 9.59 Å². The average Bonchev–Trinajstić information content (AvgIpc) is 2.52. The summed E-state index contributed by atoms with van der Waals surface area (Å²) in [5.41, 5.74) is 0. The van der Waals surface area contributed by atoms with Gasteiger partial charge in [0.05, 0.1) is 7.11 Å². The van der Waals surface area contributed by atoms with Crippen molar-refractivity contribution in [3.05, 3.63) is 0 Å². The van der Waals surface area contributed by atoms with E-state index in [0.717, 1.165) is 0 Å². The van der Waals surface area contributed by atoms with Gasteiger partial charge in [0, 0.05) is 12.8 Å². The molecule has 5 nitrogen and oxygen atoms in total. The number of hydrogen-bond donors (Lipinski definition) is 2. The molecule has 1 aliphatic rings. The number of rotatable bonds is 4. The number of aliphatic carboxylic acids is 1. The normalized spacial score (nSPS) is 26.1. The Bertz CT molecular complexity index is 229. The molecular formula is C9H15NO4. The Morgan fingerprint density at radius 2 is 1.93 bits per heavy atom. The van der Waals surface area contributed by atoms with Crippen molar-refractivity contribution in [3.8, 4) is 0 Å². The number of esters is 1. The molecule has 0 aliphatic carbocycles. The van der Waals surface area contributed by atoms with Gasteiger partial charge in [-0.3, -0.25) is 9.59 Å². The zero-order valence-electron chi connectivity index (χ0n) is 8.16. The maximum atomic E-state index is 11.0. The van der Waals surface area contributed by atoms with Crippen LogP contribution in [0.2, 0.25) is 0 Å². The molecule has 2 N–H and O–H groups in total. The number of carbonyl (C=O) groups is 2. The van der Waals surface area contributed by atoms with Gasteiger partial charge in [-0.05, 0) is 24.9 Å². The predicted molar refractivity (Wildman–Crippen MR) is 48.7 cm³/mol. The molecule has 0 amide bonds. The smallest absolute Gasteiger partial charge is 0.305 e. The van der Waals surface area contributed by atoms with Gasteiger partial charge in [0.25, 0.3) is 0 Å². The van der Waals surface area contributed by atoms with Gasteiger partial charge in [-0.25, -0.2) is 0 Å². The van der Waals surface area contributed by atoms with Crippen LogP contribution in [0, 0.1) is 11.8 Å². The summed E-state index contributed by atoms with van der Waals surface area (Å²) in [5.74, 6) is -0.937. The number of hydrogen-bond acceptors (Lipinski definition) is 4. The summed E-state index contributed by atoms with van der Waals surface area (Å²) in [6, 6.07) is 0. The maximum absolute atomic E-state index is 11.0. The highest BCUT2D eigenvalue weighted by molar-refractivity contribution is 5.70. The summed E-state index contributed by atoms with van der Waals surface area (Å²) in [5, 5.41) is 11.7. The molecule has 0 saturated carbocycles. The molecule has 0 aromatic carbocycles. The largest absolute Gasteiger partial charge is 0.481 e. The molecule has 14 heavy (non-hydrogen) atoms. The summed E-state index contributed by atoms with van der Waals surface area (Å²) in [6.45, 7) is 1.38. The van der Waals surface area contributed by atoms with Crippen LogP contribution in [-0.2, 0) is 14.3 Å². The van der Waals surface area contributed by atoms with E-state index in [1.54, 1.807) is 0 Å². The van der Waals surface area contributed by atoms with Crippen molar-refractivity contribution >= 4 is 11.9 Å². The molecule has 0 aromatic heterocycles. The molecule has 1 fully saturated rings. The van der Waals surface area contributed by atoms with Crippen LogP contribution in [0.4, 0.5) is 0 Å². The molecule has 0 aromatic rings. The second-order valence-electron chi connectivity index (χ2n) is 3.56. The standard InChI is InChI=1S/C9H15NO4/c1-14-9(13)3-7-5-10-4-6(7)2-8(11)12/h6-7,10H,2-5H2,1H3,(H,11,12). The van der Waals surface area contributed by atoms with Crippen LogP contribution in [0.5, 0.6) is 0 Å². The highest BCUT2D eigenvalue weighted by atomic mass is 16.5. The summed E-state index contributed by atoms with van der Waals surface area (Å²) in [4.78, 5) is 21.5. The zero-order chi connectivity index (χ0) is 10.6. The summed E-state index contributed by atoms with van der Waals surface area (Å²) >= 11 is 0. The first-order valence-corrected chi connectivity index (χ1v) is 4.62. The van der Waals surface area contributed by atoms with Crippen LogP contribution >= 0.6 is 0 Å². The molecule has 5 heteroatoms. The van der Waals surface area contributed by atoms with Crippen molar-refractivity contribution in [2.24, 2.45) is 11.8 Å². The van der Waals surface area contributed by atoms with E-state index < -0.39 is 5.97 Å². The topological polar surface area (TPSA) is 75.6 Å². The van der Waals surface area contributed by atoms with Crippen LogP contribution in [-0.4, -0.2) is 37.2 Å². The Labute approximate surface area is 82.4 Å². The third kappa shape index (κ3) is 2.99. The average molecular weight is 201 g/mol. The van der Waals surface area contributed by atoms with Gasteiger partial charge in [-0.2, -0.15) is 0 Å². The minimum atomic E-state index is -0.812. The fraction of sp³-hybridized carbons (Fsp3) is 0.778. The Balaban J connectivity index is 2.42. The van der Waals surface area contributed by atoms with E-state index in [1.807, 2.05) is 0 Å². The molecule has 0 spiro atoms. The summed E-state index contributed by atoms with van der Waals surface area (Å²) in [6.07, 6.45) is 0.427. The van der Waals surface area contributed by atoms with E-state index in [2.05, 4.69) is 10.1 Å². The van der Waals surface area contributed by atoms with Crippen molar-refractivity contribution < 1.29 is 19.4 Å². The molecule has 2 atom stereocenters. The lowest BCUT2D eigenvalue weighted by molar-refractivity contribution is -0.143. The van der Waals surface area contributed by atoms with E-state index in [1.165, 1.54) is 7.11 Å². The van der Waals surface area contributed by atoms with E-state index in [-0.39, 0.29) is 24.2 Å². The van der Waals surface area contributed by atoms with Gasteiger partial charge in [0.2, 0.25) is 0 Å². The van der Waals surface area contributed by atoms with E-state index in [0.29, 0.717) is 19.5 Å². The van der Waals surface area contributed by atoms with Crippen molar-refractivity contribution in [2.75, 3.05) is 20.2 Å². The SMILES string of the molecule is COC(=O)CC1CNCC1CC(=O)O. The first-order valence-electron chi connectivity index (χ1n) is 4.62. The molecule has 2 unspecified atom stereocenters. The number of nitrogens with one attached hydrogen (secondary N) is 1. The quantitative estimate of drug-likeness (QED) is 0.619. The van der Waals surface area contributed by atoms with Gasteiger partial charge in [-0.1, -0.05) is 0 Å². The van der Waals surface area contributed by atoms with Gasteiger partial charge in [0.1, 0.15) is 0 Å². The number of methoxy groups -OCH3 is 1. The Morgan fingerprint density at radius 1 is 1.36 bits per heavy atom. The zero-order valence-corrected chi connectivity index (χ0v) is 8.16. The van der Waals surface area contributed by atoms with Gasteiger partial charge in [-0.15, -0.1) is 0 Å². The lowest BCUT2D eigenvalue weighted by Gasteiger charge is -2.14. The Morgan fingerprint density at radius 3 is 2.43 bits per heavy atom.